The minimum absolute atomic E-state index is 0.00418. The highest BCUT2D eigenvalue weighted by molar-refractivity contribution is 7.90. The van der Waals surface area contributed by atoms with E-state index in [9.17, 15) is 37.2 Å². The predicted octanol–water partition coefficient (Wildman–Crippen LogP) is 5.69. The van der Waals surface area contributed by atoms with Gasteiger partial charge in [0, 0.05) is 81.0 Å². The van der Waals surface area contributed by atoms with E-state index in [1.807, 2.05) is 96.9 Å². The zero-order valence-electron chi connectivity index (χ0n) is 59.1. The van der Waals surface area contributed by atoms with Crippen molar-refractivity contribution in [2.75, 3.05) is 165 Å². The molecule has 1 aromatic carbocycles. The molecule has 540 valence electrons. The normalized spacial score (nSPS) is 12.7. The minimum atomic E-state index is -3.70. The summed E-state index contributed by atoms with van der Waals surface area (Å²) in [6.45, 7) is 34.5. The average Bonchev–Trinajstić information content (AvgIpc) is 1.61. The first kappa shape index (κ1) is 85.0. The first-order chi connectivity index (χ1) is 44.1. The van der Waals surface area contributed by atoms with Gasteiger partial charge in [-0.1, -0.05) is 18.9 Å². The highest BCUT2D eigenvalue weighted by Crippen LogP contribution is 2.26. The van der Waals surface area contributed by atoms with Crippen LogP contribution in [0.15, 0.2) is 33.9 Å². The van der Waals surface area contributed by atoms with Crippen LogP contribution in [0.25, 0.3) is 11.5 Å². The number of benzene rings is 1. The van der Waals surface area contributed by atoms with Crippen molar-refractivity contribution >= 4 is 46.2 Å². The first-order valence-corrected chi connectivity index (χ1v) is 34.5. The van der Waals surface area contributed by atoms with Crippen LogP contribution >= 0.6 is 0 Å². The standard InChI is InChI=1S/C66H115N7O20S/c1-52(2)73(51-75)63(7,8)50-92-66(13,14)24-28-69-59(79)62(5,6)49-91-65(11,12)23-27-68-56(77)21-32-83-37-41-87-45-47-89-43-39-85-35-30-72(58(78)54-18-16-53(17-19-54)57-70-71-60(93-57)94(15,80)81)29-34-84-38-42-88-46-44-86-40-36-82-31-20-55(76)67-26-22-64(9,10)90-33-25-61(3,4)48-74/h16-19,48,51-52H,20-47,49-50H2,1-15H3,(H,67,76)(H,68,77)(H,69,79). The molecule has 27 nitrogen and oxygen atoms in total. The van der Waals surface area contributed by atoms with Crippen LogP contribution in [0.1, 0.15) is 146 Å². The molecule has 0 fully saturated rings. The van der Waals surface area contributed by atoms with Gasteiger partial charge in [0.25, 0.3) is 5.91 Å². The molecule has 1 heterocycles. The van der Waals surface area contributed by atoms with Gasteiger partial charge in [-0.25, -0.2) is 8.42 Å². The van der Waals surface area contributed by atoms with Gasteiger partial charge in [-0.15, -0.1) is 5.10 Å². The number of rotatable bonds is 57. The Balaban J connectivity index is 1.61. The van der Waals surface area contributed by atoms with Crippen LogP contribution in [-0.2, 0) is 85.9 Å². The number of ether oxygens (including phenoxy) is 11. The first-order valence-electron chi connectivity index (χ1n) is 32.6. The van der Waals surface area contributed by atoms with Crippen molar-refractivity contribution < 1.29 is 93.7 Å². The van der Waals surface area contributed by atoms with Crippen molar-refractivity contribution in [3.05, 3.63) is 29.8 Å². The Morgan fingerprint density at radius 3 is 1.34 bits per heavy atom. The predicted molar refractivity (Wildman–Crippen MR) is 353 cm³/mol. The maximum absolute atomic E-state index is 13.7. The van der Waals surface area contributed by atoms with Gasteiger partial charge in [0.1, 0.15) is 6.29 Å². The third-order valence-electron chi connectivity index (χ3n) is 14.9. The highest BCUT2D eigenvalue weighted by atomic mass is 32.2. The summed E-state index contributed by atoms with van der Waals surface area (Å²) in [5.74, 6) is -0.690. The maximum Gasteiger partial charge on any atom is 0.335 e. The van der Waals surface area contributed by atoms with Crippen LogP contribution in [0.5, 0.6) is 0 Å². The number of hydrogen-bond acceptors (Lipinski definition) is 22. The fourth-order valence-corrected chi connectivity index (χ4v) is 8.97. The van der Waals surface area contributed by atoms with E-state index in [4.69, 9.17) is 56.5 Å². The summed E-state index contributed by atoms with van der Waals surface area (Å²) in [7, 11) is -3.70. The number of aldehydes is 1. The van der Waals surface area contributed by atoms with Crippen LogP contribution in [0, 0.1) is 10.8 Å². The van der Waals surface area contributed by atoms with Gasteiger partial charge >= 0.3 is 5.22 Å². The number of carbonyl (C=O) groups excluding carboxylic acids is 6. The number of nitrogens with zero attached hydrogens (tertiary/aromatic N) is 4. The fraction of sp³-hybridized carbons (Fsp3) is 0.788. The quantitative estimate of drug-likeness (QED) is 0.0529. The topological polar surface area (TPSA) is 320 Å². The van der Waals surface area contributed by atoms with Crippen molar-refractivity contribution in [2.45, 2.75) is 169 Å². The molecule has 2 rings (SSSR count). The molecule has 0 aliphatic rings. The van der Waals surface area contributed by atoms with Crippen molar-refractivity contribution in [3.63, 3.8) is 0 Å². The van der Waals surface area contributed by atoms with Crippen molar-refractivity contribution in [1.29, 1.82) is 0 Å². The van der Waals surface area contributed by atoms with E-state index in [2.05, 4.69) is 26.1 Å². The molecule has 0 atom stereocenters. The van der Waals surface area contributed by atoms with Crippen LogP contribution in [-0.4, -0.2) is 258 Å². The van der Waals surface area contributed by atoms with Gasteiger partial charge < -0.3 is 87.1 Å². The van der Waals surface area contributed by atoms with E-state index in [0.29, 0.717) is 136 Å². The molecule has 1 aromatic heterocycles. The Hall–Kier alpha value is -5.11. The molecular formula is C66H115N7O20S. The van der Waals surface area contributed by atoms with Gasteiger partial charge in [0.15, 0.2) is 0 Å². The van der Waals surface area contributed by atoms with E-state index in [1.54, 1.807) is 34.1 Å². The lowest BCUT2D eigenvalue weighted by molar-refractivity contribution is -0.138. The zero-order chi connectivity index (χ0) is 70.3. The highest BCUT2D eigenvalue weighted by Gasteiger charge is 2.34. The molecule has 0 radical (unpaired) electrons. The number of hydrogen-bond donors (Lipinski definition) is 3. The molecule has 5 amide bonds. The summed E-state index contributed by atoms with van der Waals surface area (Å²) in [6, 6.07) is 6.39. The van der Waals surface area contributed by atoms with E-state index in [1.165, 1.54) is 0 Å². The third-order valence-corrected chi connectivity index (χ3v) is 15.7. The number of carbonyl (C=O) groups is 6. The van der Waals surface area contributed by atoms with E-state index in [-0.39, 0.29) is 108 Å². The second kappa shape index (κ2) is 43.9. The second-order valence-corrected chi connectivity index (χ2v) is 28.9. The smallest absolute Gasteiger partial charge is 0.335 e. The molecule has 0 saturated carbocycles. The molecular weight excluding hydrogens is 1240 g/mol. The number of amides is 5. The Kier molecular flexibility index (Phi) is 39.7. The van der Waals surface area contributed by atoms with E-state index < -0.39 is 48.2 Å². The summed E-state index contributed by atoms with van der Waals surface area (Å²) in [5.41, 5.74) is -2.47. The van der Waals surface area contributed by atoms with Crippen molar-refractivity contribution in [1.82, 2.24) is 35.9 Å². The number of nitrogens with one attached hydrogen (secondary N) is 3. The molecule has 0 saturated heterocycles. The molecule has 0 bridgehead atoms. The molecule has 2 aromatic rings. The summed E-state index contributed by atoms with van der Waals surface area (Å²) >= 11 is 0. The third kappa shape index (κ3) is 38.0. The monoisotopic (exact) mass is 1360 g/mol. The lowest BCUT2D eigenvalue weighted by Crippen LogP contribution is -2.51. The number of aromatic nitrogens is 2. The molecule has 0 aliphatic carbocycles. The van der Waals surface area contributed by atoms with E-state index in [0.717, 1.165) is 19.0 Å². The Morgan fingerprint density at radius 2 is 0.936 bits per heavy atom. The van der Waals surface area contributed by atoms with Crippen LogP contribution in [0.4, 0.5) is 0 Å². The lowest BCUT2D eigenvalue weighted by Gasteiger charge is -2.40. The Bertz CT molecular complexity index is 2600. The lowest BCUT2D eigenvalue weighted by atomic mass is 9.92. The van der Waals surface area contributed by atoms with Crippen molar-refractivity contribution in [2.24, 2.45) is 10.8 Å². The van der Waals surface area contributed by atoms with Crippen LogP contribution < -0.4 is 16.0 Å². The number of sulfone groups is 1. The van der Waals surface area contributed by atoms with Gasteiger partial charge in [-0.05, 0) is 133 Å². The average molecular weight is 1360 g/mol. The summed E-state index contributed by atoms with van der Waals surface area (Å²) < 4.78 is 92.5. The maximum atomic E-state index is 13.7. The van der Waals surface area contributed by atoms with Crippen LogP contribution in [0.3, 0.4) is 0 Å². The van der Waals surface area contributed by atoms with Gasteiger partial charge in [-0.3, -0.25) is 24.0 Å². The Morgan fingerprint density at radius 1 is 0.532 bits per heavy atom. The van der Waals surface area contributed by atoms with Gasteiger partial charge in [0.05, 0.1) is 147 Å². The molecule has 3 N–H and O–H groups in total. The molecule has 94 heavy (non-hydrogen) atoms. The van der Waals surface area contributed by atoms with Gasteiger partial charge in [-0.2, -0.15) is 0 Å². The molecule has 28 heteroatoms. The summed E-state index contributed by atoms with van der Waals surface area (Å²) in [4.78, 5) is 77.8. The molecule has 0 aliphatic heterocycles. The second-order valence-electron chi connectivity index (χ2n) is 27.0. The van der Waals surface area contributed by atoms with Gasteiger partial charge in [0.2, 0.25) is 39.9 Å². The Labute approximate surface area is 559 Å². The molecule has 0 spiro atoms. The minimum Gasteiger partial charge on any atom is -0.408 e. The van der Waals surface area contributed by atoms with E-state index >= 15 is 0 Å². The largest absolute Gasteiger partial charge is 0.408 e. The fourth-order valence-electron chi connectivity index (χ4n) is 8.55. The van der Waals surface area contributed by atoms with Crippen molar-refractivity contribution in [3.8, 4) is 11.5 Å². The molecule has 0 unspecified atom stereocenters. The SMILES string of the molecule is CC(C)N(C=O)C(C)(C)COC(C)(C)CCNC(=O)C(C)(C)COC(C)(C)CCNC(=O)CCOCCOCCOCCOCCN(CCOCCOCCOCCOCCC(=O)NCCC(C)(C)OCCC(C)(C)C=O)C(=O)c1ccc(-c2nnc(S(C)(=O)=O)o2)cc1. The zero-order valence-corrected chi connectivity index (χ0v) is 59.9. The van der Waals surface area contributed by atoms with Crippen LogP contribution in [0.2, 0.25) is 0 Å². The summed E-state index contributed by atoms with van der Waals surface area (Å²) in [6.07, 6.45) is 5.53. The summed E-state index contributed by atoms with van der Waals surface area (Å²) in [5, 5.41) is 15.7.